The molecule has 2 nitrogen and oxygen atoms in total. The largest absolute Gasteiger partial charge is 0.383 e. The summed E-state index contributed by atoms with van der Waals surface area (Å²) >= 11 is 0. The van der Waals surface area contributed by atoms with E-state index in [-0.39, 0.29) is 6.04 Å². The first-order valence-electron chi connectivity index (χ1n) is 3.33. The van der Waals surface area contributed by atoms with Crippen LogP contribution < -0.4 is 5.73 Å². The zero-order valence-corrected chi connectivity index (χ0v) is 6.42. The number of allylic oxidation sites excluding steroid dienone is 2. The van der Waals surface area contributed by atoms with Crippen LogP contribution in [-0.2, 0) is 4.74 Å². The van der Waals surface area contributed by atoms with Crippen molar-refractivity contribution in [3.63, 3.8) is 0 Å². The molecular weight excluding hydrogens is 126 g/mol. The van der Waals surface area contributed by atoms with Gasteiger partial charge >= 0.3 is 0 Å². The fraction of sp³-hybridized carbons (Fsp3) is 0.500. The number of hydrogen-bond acceptors (Lipinski definition) is 2. The molecule has 0 aromatic heterocycles. The van der Waals surface area contributed by atoms with Crippen molar-refractivity contribution in [1.82, 2.24) is 0 Å². The first-order valence-corrected chi connectivity index (χ1v) is 3.33. The lowest BCUT2D eigenvalue weighted by Gasteiger charge is -2.05. The van der Waals surface area contributed by atoms with Crippen LogP contribution in [0.5, 0.6) is 0 Å². The van der Waals surface area contributed by atoms with Crippen molar-refractivity contribution in [2.45, 2.75) is 12.5 Å². The smallest absolute Gasteiger partial charge is 0.0616 e. The van der Waals surface area contributed by atoms with Crippen LogP contribution >= 0.6 is 0 Å². The molecule has 10 heavy (non-hydrogen) atoms. The van der Waals surface area contributed by atoms with Crippen LogP contribution in [0.4, 0.5) is 0 Å². The van der Waals surface area contributed by atoms with Gasteiger partial charge in [-0.05, 0) is 6.42 Å². The predicted octanol–water partition coefficient (Wildman–Crippen LogP) is 1.09. The van der Waals surface area contributed by atoms with E-state index in [0.717, 1.165) is 6.42 Å². The Morgan fingerprint density at radius 1 is 1.70 bits per heavy atom. The molecule has 0 radical (unpaired) electrons. The van der Waals surface area contributed by atoms with E-state index < -0.39 is 0 Å². The van der Waals surface area contributed by atoms with Gasteiger partial charge in [0, 0.05) is 13.2 Å². The summed E-state index contributed by atoms with van der Waals surface area (Å²) in [5, 5.41) is 0. The second-order valence-electron chi connectivity index (χ2n) is 2.11. The predicted molar refractivity (Wildman–Crippen MR) is 43.8 cm³/mol. The molecule has 0 aliphatic heterocycles. The summed E-state index contributed by atoms with van der Waals surface area (Å²) in [6.45, 7) is 4.16. The van der Waals surface area contributed by atoms with Crippen molar-refractivity contribution in [3.05, 3.63) is 24.8 Å². The minimum Gasteiger partial charge on any atom is -0.383 e. The van der Waals surface area contributed by atoms with Gasteiger partial charge in [0.15, 0.2) is 0 Å². The fourth-order valence-corrected chi connectivity index (χ4v) is 0.632. The molecule has 1 atom stereocenters. The summed E-state index contributed by atoms with van der Waals surface area (Å²) in [4.78, 5) is 0. The monoisotopic (exact) mass is 141 g/mol. The van der Waals surface area contributed by atoms with E-state index in [4.69, 9.17) is 10.5 Å². The first kappa shape index (κ1) is 9.40. The molecule has 0 aliphatic carbocycles. The fourth-order valence-electron chi connectivity index (χ4n) is 0.632. The van der Waals surface area contributed by atoms with Gasteiger partial charge < -0.3 is 10.5 Å². The van der Waals surface area contributed by atoms with Crippen molar-refractivity contribution >= 4 is 0 Å². The van der Waals surface area contributed by atoms with Crippen LogP contribution in [0.15, 0.2) is 24.8 Å². The summed E-state index contributed by atoms with van der Waals surface area (Å²) in [5.74, 6) is 0. The molecule has 58 valence electrons. The van der Waals surface area contributed by atoms with Crippen LogP contribution in [0.2, 0.25) is 0 Å². The molecule has 0 heterocycles. The molecule has 0 aliphatic rings. The molecule has 0 amide bonds. The van der Waals surface area contributed by atoms with Gasteiger partial charge in [-0.3, -0.25) is 0 Å². The van der Waals surface area contributed by atoms with Crippen molar-refractivity contribution in [2.24, 2.45) is 5.73 Å². The molecule has 0 aromatic carbocycles. The number of rotatable bonds is 5. The molecule has 0 rings (SSSR count). The topological polar surface area (TPSA) is 35.2 Å². The maximum absolute atomic E-state index is 5.61. The van der Waals surface area contributed by atoms with Crippen molar-refractivity contribution in [3.8, 4) is 0 Å². The third kappa shape index (κ3) is 5.54. The molecule has 0 saturated carbocycles. The minimum absolute atomic E-state index is 0.112. The molecule has 2 heteroatoms. The zero-order chi connectivity index (χ0) is 7.82. The van der Waals surface area contributed by atoms with Gasteiger partial charge in [0.2, 0.25) is 0 Å². The Morgan fingerprint density at radius 2 is 2.40 bits per heavy atom. The number of methoxy groups -OCH3 is 1. The third-order valence-corrected chi connectivity index (χ3v) is 1.09. The minimum atomic E-state index is 0.112. The van der Waals surface area contributed by atoms with Crippen molar-refractivity contribution < 1.29 is 4.74 Å². The average molecular weight is 141 g/mol. The Morgan fingerprint density at radius 3 is 2.90 bits per heavy atom. The van der Waals surface area contributed by atoms with Crippen LogP contribution in [0.1, 0.15) is 6.42 Å². The molecule has 0 fully saturated rings. The summed E-state index contributed by atoms with van der Waals surface area (Å²) in [6.07, 6.45) is 6.45. The van der Waals surface area contributed by atoms with E-state index in [2.05, 4.69) is 6.58 Å². The van der Waals surface area contributed by atoms with Crippen LogP contribution in [0.3, 0.4) is 0 Å². The third-order valence-electron chi connectivity index (χ3n) is 1.09. The van der Waals surface area contributed by atoms with Gasteiger partial charge in [-0.15, -0.1) is 0 Å². The maximum Gasteiger partial charge on any atom is 0.0616 e. The van der Waals surface area contributed by atoms with Crippen LogP contribution in [0.25, 0.3) is 0 Å². The van der Waals surface area contributed by atoms with Crippen LogP contribution in [-0.4, -0.2) is 19.8 Å². The molecule has 0 spiro atoms. The molecular formula is C8H15NO. The molecule has 0 saturated heterocycles. The van der Waals surface area contributed by atoms with Gasteiger partial charge in [0.05, 0.1) is 6.61 Å². The second kappa shape index (κ2) is 6.52. The summed E-state index contributed by atoms with van der Waals surface area (Å²) in [5.41, 5.74) is 5.61. The highest BCUT2D eigenvalue weighted by Gasteiger charge is 1.95. The van der Waals surface area contributed by atoms with Gasteiger partial charge in [-0.2, -0.15) is 0 Å². The zero-order valence-electron chi connectivity index (χ0n) is 6.42. The van der Waals surface area contributed by atoms with E-state index in [1.165, 1.54) is 0 Å². The number of hydrogen-bond donors (Lipinski definition) is 1. The maximum atomic E-state index is 5.61. The summed E-state index contributed by atoms with van der Waals surface area (Å²) < 4.78 is 4.85. The highest BCUT2D eigenvalue weighted by molar-refractivity contribution is 4.98. The Balaban J connectivity index is 3.28. The highest BCUT2D eigenvalue weighted by atomic mass is 16.5. The van der Waals surface area contributed by atoms with Crippen molar-refractivity contribution in [2.75, 3.05) is 13.7 Å². The lowest BCUT2D eigenvalue weighted by atomic mass is 10.2. The first-order chi connectivity index (χ1) is 4.81. The Labute approximate surface area is 62.4 Å². The van der Waals surface area contributed by atoms with E-state index in [1.807, 2.05) is 12.2 Å². The molecule has 2 N–H and O–H groups in total. The lowest BCUT2D eigenvalue weighted by Crippen LogP contribution is -2.24. The van der Waals surface area contributed by atoms with Gasteiger partial charge in [-0.25, -0.2) is 0 Å². The van der Waals surface area contributed by atoms with E-state index >= 15 is 0 Å². The quantitative estimate of drug-likeness (QED) is 0.582. The Hall–Kier alpha value is -0.600. The van der Waals surface area contributed by atoms with Gasteiger partial charge in [0.1, 0.15) is 0 Å². The van der Waals surface area contributed by atoms with E-state index in [0.29, 0.717) is 6.61 Å². The Bertz CT molecular complexity index is 110. The summed E-state index contributed by atoms with van der Waals surface area (Å²) in [6, 6.07) is 0.112. The summed E-state index contributed by atoms with van der Waals surface area (Å²) in [7, 11) is 1.65. The lowest BCUT2D eigenvalue weighted by molar-refractivity contribution is 0.181. The second-order valence-corrected chi connectivity index (χ2v) is 2.11. The Kier molecular flexibility index (Phi) is 6.13. The average Bonchev–Trinajstić information content (AvgIpc) is 1.89. The van der Waals surface area contributed by atoms with E-state index in [1.54, 1.807) is 13.2 Å². The van der Waals surface area contributed by atoms with Gasteiger partial charge in [-0.1, -0.05) is 24.8 Å². The number of ether oxygens (including phenoxy) is 1. The molecule has 1 unspecified atom stereocenters. The highest BCUT2D eigenvalue weighted by Crippen LogP contribution is 1.90. The van der Waals surface area contributed by atoms with Gasteiger partial charge in [0.25, 0.3) is 0 Å². The normalized spacial score (nSPS) is 13.8. The SMILES string of the molecule is C=CC=CCC(N)COC. The van der Waals surface area contributed by atoms with E-state index in [9.17, 15) is 0 Å². The number of nitrogens with two attached hydrogens (primary N) is 1. The van der Waals surface area contributed by atoms with Crippen molar-refractivity contribution in [1.29, 1.82) is 0 Å². The standard InChI is InChI=1S/C8H15NO/c1-3-4-5-6-8(9)7-10-2/h3-5,8H,1,6-7,9H2,2H3. The molecule has 0 bridgehead atoms. The van der Waals surface area contributed by atoms with Crippen LogP contribution in [0, 0.1) is 0 Å². The molecule has 0 aromatic rings.